The summed E-state index contributed by atoms with van der Waals surface area (Å²) >= 11 is 0. The van der Waals surface area contributed by atoms with Crippen molar-refractivity contribution < 1.29 is 9.47 Å². The van der Waals surface area contributed by atoms with Crippen molar-refractivity contribution >= 4 is 5.69 Å². The molecule has 4 nitrogen and oxygen atoms in total. The molecule has 0 amide bonds. The number of ether oxygens (including phenoxy) is 2. The van der Waals surface area contributed by atoms with Crippen LogP contribution in [0, 0.1) is 0 Å². The lowest BCUT2D eigenvalue weighted by Gasteiger charge is -2.32. The highest BCUT2D eigenvalue weighted by molar-refractivity contribution is 5.51. The molecule has 20 heavy (non-hydrogen) atoms. The van der Waals surface area contributed by atoms with E-state index in [9.17, 15) is 0 Å². The molecule has 2 rings (SSSR count). The van der Waals surface area contributed by atoms with E-state index in [1.54, 1.807) is 0 Å². The van der Waals surface area contributed by atoms with Crippen molar-refractivity contribution in [2.45, 2.75) is 38.8 Å². The van der Waals surface area contributed by atoms with Crippen molar-refractivity contribution in [2.24, 2.45) is 5.73 Å². The SMILES string of the molecule is CC(C)OCCOc1cccc(N2CCC(N)CC2)c1. The van der Waals surface area contributed by atoms with Crippen molar-refractivity contribution in [3.05, 3.63) is 24.3 Å². The number of anilines is 1. The maximum absolute atomic E-state index is 5.95. The number of hydrogen-bond acceptors (Lipinski definition) is 4. The van der Waals surface area contributed by atoms with Gasteiger partial charge in [0.05, 0.1) is 12.7 Å². The van der Waals surface area contributed by atoms with Gasteiger partial charge in [0.15, 0.2) is 0 Å². The fourth-order valence-corrected chi connectivity index (χ4v) is 2.37. The van der Waals surface area contributed by atoms with Gasteiger partial charge in [0.1, 0.15) is 12.4 Å². The summed E-state index contributed by atoms with van der Waals surface area (Å²) in [6, 6.07) is 8.64. The average Bonchev–Trinajstić information content (AvgIpc) is 2.44. The lowest BCUT2D eigenvalue weighted by Crippen LogP contribution is -2.39. The molecule has 0 atom stereocenters. The minimum atomic E-state index is 0.252. The molecule has 0 spiro atoms. The summed E-state index contributed by atoms with van der Waals surface area (Å²) in [4.78, 5) is 2.38. The highest BCUT2D eigenvalue weighted by Crippen LogP contribution is 2.24. The number of nitrogens with two attached hydrogens (primary N) is 1. The first kappa shape index (κ1) is 15.1. The van der Waals surface area contributed by atoms with Crippen molar-refractivity contribution in [1.82, 2.24) is 0 Å². The lowest BCUT2D eigenvalue weighted by molar-refractivity contribution is 0.0553. The molecule has 0 aromatic heterocycles. The smallest absolute Gasteiger partial charge is 0.121 e. The summed E-state index contributed by atoms with van der Waals surface area (Å²) in [6.45, 7) is 7.33. The van der Waals surface area contributed by atoms with Gasteiger partial charge in [0.2, 0.25) is 0 Å². The van der Waals surface area contributed by atoms with E-state index < -0.39 is 0 Å². The summed E-state index contributed by atoms with van der Waals surface area (Å²) in [7, 11) is 0. The van der Waals surface area contributed by atoms with Gasteiger partial charge in [-0.25, -0.2) is 0 Å². The Morgan fingerprint density at radius 1 is 1.25 bits per heavy atom. The van der Waals surface area contributed by atoms with Crippen molar-refractivity contribution in [2.75, 3.05) is 31.2 Å². The molecule has 1 heterocycles. The zero-order chi connectivity index (χ0) is 14.4. The van der Waals surface area contributed by atoms with Crippen LogP contribution in [-0.4, -0.2) is 38.4 Å². The van der Waals surface area contributed by atoms with Crippen LogP contribution in [0.2, 0.25) is 0 Å². The van der Waals surface area contributed by atoms with E-state index in [1.165, 1.54) is 5.69 Å². The minimum absolute atomic E-state index is 0.252. The highest BCUT2D eigenvalue weighted by Gasteiger charge is 2.16. The number of benzene rings is 1. The Bertz CT molecular complexity index is 401. The van der Waals surface area contributed by atoms with E-state index in [2.05, 4.69) is 17.0 Å². The van der Waals surface area contributed by atoms with E-state index in [0.717, 1.165) is 31.7 Å². The molecule has 112 valence electrons. The second-order valence-electron chi connectivity index (χ2n) is 5.59. The van der Waals surface area contributed by atoms with Gasteiger partial charge in [-0.15, -0.1) is 0 Å². The predicted octanol–water partition coefficient (Wildman–Crippen LogP) is 2.42. The van der Waals surface area contributed by atoms with Crippen LogP contribution in [0.4, 0.5) is 5.69 Å². The van der Waals surface area contributed by atoms with Gasteiger partial charge in [-0.05, 0) is 38.8 Å². The van der Waals surface area contributed by atoms with Crippen LogP contribution in [0.25, 0.3) is 0 Å². The topological polar surface area (TPSA) is 47.7 Å². The van der Waals surface area contributed by atoms with Gasteiger partial charge in [0, 0.05) is 30.9 Å². The van der Waals surface area contributed by atoms with Gasteiger partial charge in [-0.3, -0.25) is 0 Å². The Kier molecular flexibility index (Phi) is 5.68. The standard InChI is InChI=1S/C16H26N2O2/c1-13(2)19-10-11-20-16-5-3-4-15(12-16)18-8-6-14(17)7-9-18/h3-5,12-14H,6-11,17H2,1-2H3. The van der Waals surface area contributed by atoms with Gasteiger partial charge >= 0.3 is 0 Å². The lowest BCUT2D eigenvalue weighted by atomic mass is 10.1. The summed E-state index contributed by atoms with van der Waals surface area (Å²) in [5, 5.41) is 0. The quantitative estimate of drug-likeness (QED) is 0.812. The van der Waals surface area contributed by atoms with Gasteiger partial charge in [-0.1, -0.05) is 6.07 Å². The van der Waals surface area contributed by atoms with Crippen LogP contribution in [0.5, 0.6) is 5.75 Å². The van der Waals surface area contributed by atoms with Crippen LogP contribution in [-0.2, 0) is 4.74 Å². The maximum atomic E-state index is 5.95. The van der Waals surface area contributed by atoms with Crippen molar-refractivity contribution in [3.63, 3.8) is 0 Å². The molecule has 1 aromatic rings. The van der Waals surface area contributed by atoms with Gasteiger partial charge in [0.25, 0.3) is 0 Å². The highest BCUT2D eigenvalue weighted by atomic mass is 16.5. The summed E-state index contributed by atoms with van der Waals surface area (Å²) in [5.41, 5.74) is 7.17. The number of rotatable bonds is 6. The number of nitrogens with zero attached hydrogens (tertiary/aromatic N) is 1. The first-order valence-electron chi connectivity index (χ1n) is 7.50. The molecule has 1 aliphatic rings. The third-order valence-corrected chi connectivity index (χ3v) is 3.53. The molecule has 0 bridgehead atoms. The normalized spacial score (nSPS) is 16.7. The minimum Gasteiger partial charge on any atom is -0.491 e. The summed E-state index contributed by atoms with van der Waals surface area (Å²) in [6.07, 6.45) is 2.38. The zero-order valence-electron chi connectivity index (χ0n) is 12.5. The Labute approximate surface area is 121 Å². The van der Waals surface area contributed by atoms with E-state index in [0.29, 0.717) is 19.3 Å². The van der Waals surface area contributed by atoms with Gasteiger partial charge < -0.3 is 20.1 Å². The molecule has 0 saturated carbocycles. The predicted molar refractivity (Wildman–Crippen MR) is 82.4 cm³/mol. The monoisotopic (exact) mass is 278 g/mol. The molecule has 1 aromatic carbocycles. The Morgan fingerprint density at radius 2 is 2.00 bits per heavy atom. The molecule has 2 N–H and O–H groups in total. The fourth-order valence-electron chi connectivity index (χ4n) is 2.37. The van der Waals surface area contributed by atoms with Gasteiger partial charge in [-0.2, -0.15) is 0 Å². The van der Waals surface area contributed by atoms with Crippen LogP contribution in [0.1, 0.15) is 26.7 Å². The molecular formula is C16H26N2O2. The second-order valence-corrected chi connectivity index (χ2v) is 5.59. The van der Waals surface area contributed by atoms with E-state index in [-0.39, 0.29) is 6.10 Å². The van der Waals surface area contributed by atoms with Crippen molar-refractivity contribution in [3.8, 4) is 5.75 Å². The summed E-state index contributed by atoms with van der Waals surface area (Å²) < 4.78 is 11.2. The van der Waals surface area contributed by atoms with Crippen LogP contribution in [0.3, 0.4) is 0 Å². The Hall–Kier alpha value is -1.26. The number of piperidine rings is 1. The molecule has 1 fully saturated rings. The molecule has 0 unspecified atom stereocenters. The van der Waals surface area contributed by atoms with Crippen LogP contribution in [0.15, 0.2) is 24.3 Å². The Morgan fingerprint density at radius 3 is 2.70 bits per heavy atom. The molecule has 1 saturated heterocycles. The fraction of sp³-hybridized carbons (Fsp3) is 0.625. The van der Waals surface area contributed by atoms with E-state index in [1.807, 2.05) is 26.0 Å². The zero-order valence-corrected chi connectivity index (χ0v) is 12.5. The average molecular weight is 278 g/mol. The molecular weight excluding hydrogens is 252 g/mol. The largest absolute Gasteiger partial charge is 0.491 e. The third-order valence-electron chi connectivity index (χ3n) is 3.53. The first-order chi connectivity index (χ1) is 9.65. The molecule has 0 radical (unpaired) electrons. The second kappa shape index (κ2) is 7.50. The molecule has 1 aliphatic heterocycles. The third kappa shape index (κ3) is 4.69. The Balaban J connectivity index is 1.84. The van der Waals surface area contributed by atoms with Crippen LogP contribution >= 0.6 is 0 Å². The first-order valence-corrected chi connectivity index (χ1v) is 7.50. The van der Waals surface area contributed by atoms with Crippen molar-refractivity contribution in [1.29, 1.82) is 0 Å². The maximum Gasteiger partial charge on any atom is 0.121 e. The summed E-state index contributed by atoms with van der Waals surface area (Å²) in [5.74, 6) is 0.907. The van der Waals surface area contributed by atoms with E-state index in [4.69, 9.17) is 15.2 Å². The van der Waals surface area contributed by atoms with Crippen LogP contribution < -0.4 is 15.4 Å². The molecule has 4 heteroatoms. The van der Waals surface area contributed by atoms with E-state index >= 15 is 0 Å². The molecule has 0 aliphatic carbocycles. The number of hydrogen-bond donors (Lipinski definition) is 1.